The molecule has 30 heavy (non-hydrogen) atoms. The molecule has 4 rings (SSSR count). The summed E-state index contributed by atoms with van der Waals surface area (Å²) in [6.07, 6.45) is 6.07. The van der Waals surface area contributed by atoms with Crippen LogP contribution < -0.4 is 5.32 Å². The lowest BCUT2D eigenvalue weighted by molar-refractivity contribution is -0.115. The van der Waals surface area contributed by atoms with Crippen LogP contribution in [0.1, 0.15) is 65.5 Å². The first kappa shape index (κ1) is 21.2. The van der Waals surface area contributed by atoms with Crippen molar-refractivity contribution in [1.29, 1.82) is 0 Å². The molecule has 0 aliphatic heterocycles. The zero-order chi connectivity index (χ0) is 21.5. The van der Waals surface area contributed by atoms with Crippen LogP contribution >= 0.6 is 11.3 Å². The Morgan fingerprint density at radius 2 is 1.97 bits per heavy atom. The number of thiazole rings is 1. The van der Waals surface area contributed by atoms with E-state index in [0.29, 0.717) is 16.4 Å². The minimum Gasteiger partial charge on any atom is -0.302 e. The number of rotatable bonds is 5. The molecule has 2 aliphatic carbocycles. The van der Waals surface area contributed by atoms with Crippen LogP contribution in [-0.2, 0) is 27.5 Å². The fraction of sp³-hybridized carbons (Fsp3) is 0.500. The van der Waals surface area contributed by atoms with Crippen LogP contribution in [0.25, 0.3) is 0 Å². The number of hydrogen-bond acceptors (Lipinski definition) is 6. The van der Waals surface area contributed by atoms with Gasteiger partial charge in [-0.05, 0) is 54.9 Å². The molecule has 2 aliphatic rings. The number of nitrogens with zero attached hydrogens (tertiary/aromatic N) is 1. The van der Waals surface area contributed by atoms with Gasteiger partial charge >= 0.3 is 0 Å². The van der Waals surface area contributed by atoms with Crippen molar-refractivity contribution in [3.63, 3.8) is 0 Å². The molecule has 160 valence electrons. The quantitative estimate of drug-likeness (QED) is 0.746. The van der Waals surface area contributed by atoms with Crippen molar-refractivity contribution in [2.45, 2.75) is 63.7 Å². The van der Waals surface area contributed by atoms with Crippen LogP contribution in [0.2, 0.25) is 0 Å². The van der Waals surface area contributed by atoms with Crippen LogP contribution in [0, 0.1) is 12.3 Å². The van der Waals surface area contributed by atoms with Gasteiger partial charge in [-0.3, -0.25) is 9.59 Å². The van der Waals surface area contributed by atoms with Gasteiger partial charge in [0.1, 0.15) is 0 Å². The molecule has 1 heterocycles. The second-order valence-electron chi connectivity index (χ2n) is 8.50. The van der Waals surface area contributed by atoms with Gasteiger partial charge in [-0.2, -0.15) is 0 Å². The summed E-state index contributed by atoms with van der Waals surface area (Å²) < 4.78 is 24.1. The smallest absolute Gasteiger partial charge is 0.230 e. The van der Waals surface area contributed by atoms with Crippen LogP contribution in [0.5, 0.6) is 0 Å². The van der Waals surface area contributed by atoms with Crippen LogP contribution in [0.15, 0.2) is 23.1 Å². The summed E-state index contributed by atoms with van der Waals surface area (Å²) in [6, 6.07) is 4.86. The maximum absolute atomic E-state index is 12.6. The van der Waals surface area contributed by atoms with Crippen LogP contribution in [0.3, 0.4) is 0 Å². The Labute approximate surface area is 181 Å². The third-order valence-corrected chi connectivity index (χ3v) is 9.13. The maximum Gasteiger partial charge on any atom is 0.230 e. The highest BCUT2D eigenvalue weighted by molar-refractivity contribution is 7.91. The molecule has 0 radical (unpaired) electrons. The lowest BCUT2D eigenvalue weighted by atomic mass is 9.73. The van der Waals surface area contributed by atoms with Crippen molar-refractivity contribution < 1.29 is 18.0 Å². The Bertz CT molecular complexity index is 1110. The Morgan fingerprint density at radius 1 is 1.23 bits per heavy atom. The highest BCUT2D eigenvalue weighted by Crippen LogP contribution is 2.48. The van der Waals surface area contributed by atoms with Gasteiger partial charge in [0.25, 0.3) is 0 Å². The molecule has 1 fully saturated rings. The van der Waals surface area contributed by atoms with Crippen molar-refractivity contribution in [2.75, 3.05) is 11.1 Å². The first-order valence-corrected chi connectivity index (χ1v) is 12.8. The van der Waals surface area contributed by atoms with Crippen LogP contribution in [0.4, 0.5) is 5.13 Å². The van der Waals surface area contributed by atoms with Gasteiger partial charge in [-0.1, -0.05) is 37.2 Å². The number of anilines is 1. The molecule has 1 aromatic heterocycles. The standard InChI is InChI=1S/C22H26N2O4S2/c1-3-30(27,28)16-7-6-15(14(2)10-16)11-19(26)24-21-23-17-12-22(8-4-5-9-22)13-18(25)20(17)29-21/h6-7,10H,3-5,8-9,11-13H2,1-2H3,(H,23,24,26). The Balaban J connectivity index is 1.46. The second kappa shape index (κ2) is 7.89. The summed E-state index contributed by atoms with van der Waals surface area (Å²) in [4.78, 5) is 30.7. The van der Waals surface area contributed by atoms with Gasteiger partial charge < -0.3 is 5.32 Å². The van der Waals surface area contributed by atoms with Gasteiger partial charge in [-0.15, -0.1) is 0 Å². The van der Waals surface area contributed by atoms with E-state index in [9.17, 15) is 18.0 Å². The number of aromatic nitrogens is 1. The van der Waals surface area contributed by atoms with E-state index < -0.39 is 9.84 Å². The van der Waals surface area contributed by atoms with Crippen molar-refractivity contribution in [3.05, 3.63) is 39.9 Å². The fourth-order valence-corrected chi connectivity index (χ4v) is 6.52. The third-order valence-electron chi connectivity index (χ3n) is 6.34. The molecule has 1 aromatic carbocycles. The van der Waals surface area contributed by atoms with E-state index in [0.717, 1.165) is 36.1 Å². The number of Topliss-reactive ketones (excluding diaryl/α,β-unsaturated/α-hetero) is 1. The van der Waals surface area contributed by atoms with E-state index in [4.69, 9.17) is 0 Å². The van der Waals surface area contributed by atoms with Crippen molar-refractivity contribution >= 4 is 38.0 Å². The molecule has 2 aromatic rings. The molecular formula is C22H26N2O4S2. The predicted molar refractivity (Wildman–Crippen MR) is 117 cm³/mol. The molecule has 0 unspecified atom stereocenters. The molecule has 1 spiro atoms. The number of aryl methyl sites for hydroxylation is 1. The zero-order valence-corrected chi connectivity index (χ0v) is 18.9. The number of ketones is 1. The van der Waals surface area contributed by atoms with E-state index in [1.807, 2.05) is 0 Å². The van der Waals surface area contributed by atoms with E-state index in [1.165, 1.54) is 24.2 Å². The number of fused-ring (bicyclic) bond motifs is 1. The number of carbonyl (C=O) groups excluding carboxylic acids is 2. The molecule has 8 heteroatoms. The molecule has 0 bridgehead atoms. The highest BCUT2D eigenvalue weighted by Gasteiger charge is 2.42. The summed E-state index contributed by atoms with van der Waals surface area (Å²) in [6.45, 7) is 3.41. The second-order valence-corrected chi connectivity index (χ2v) is 11.8. The molecule has 1 amide bonds. The maximum atomic E-state index is 12.6. The van der Waals surface area contributed by atoms with Crippen molar-refractivity contribution in [2.24, 2.45) is 5.41 Å². The first-order chi connectivity index (χ1) is 14.2. The number of nitrogens with one attached hydrogen (secondary N) is 1. The van der Waals surface area contributed by atoms with Crippen LogP contribution in [-0.4, -0.2) is 30.8 Å². The number of benzene rings is 1. The number of carbonyl (C=O) groups is 2. The largest absolute Gasteiger partial charge is 0.302 e. The van der Waals surface area contributed by atoms with Gasteiger partial charge in [0, 0.05) is 6.42 Å². The third kappa shape index (κ3) is 4.07. The zero-order valence-electron chi connectivity index (χ0n) is 17.3. The van der Waals surface area contributed by atoms with E-state index in [2.05, 4.69) is 10.3 Å². The van der Waals surface area contributed by atoms with E-state index in [-0.39, 0.29) is 34.2 Å². The van der Waals surface area contributed by atoms with Gasteiger partial charge in [0.05, 0.1) is 27.6 Å². The minimum absolute atomic E-state index is 0.0427. The Hall–Kier alpha value is -2.06. The average molecular weight is 447 g/mol. The van der Waals surface area contributed by atoms with Gasteiger partial charge in [0.2, 0.25) is 5.91 Å². The number of amides is 1. The van der Waals surface area contributed by atoms with E-state index >= 15 is 0 Å². The molecule has 0 saturated heterocycles. The summed E-state index contributed by atoms with van der Waals surface area (Å²) in [5.41, 5.74) is 2.44. The molecule has 1 N–H and O–H groups in total. The Morgan fingerprint density at radius 3 is 2.63 bits per heavy atom. The molecule has 1 saturated carbocycles. The lowest BCUT2D eigenvalue weighted by Gasteiger charge is -2.31. The normalized spacial score (nSPS) is 17.9. The molecule has 6 nitrogen and oxygen atoms in total. The fourth-order valence-electron chi connectivity index (χ4n) is 4.62. The summed E-state index contributed by atoms with van der Waals surface area (Å²) in [5.74, 6) is -0.0286. The SMILES string of the molecule is CCS(=O)(=O)c1ccc(CC(=O)Nc2nc3c(s2)C(=O)CC2(CCCC2)C3)c(C)c1. The van der Waals surface area contributed by atoms with Gasteiger partial charge in [-0.25, -0.2) is 13.4 Å². The summed E-state index contributed by atoms with van der Waals surface area (Å²) in [7, 11) is -3.27. The van der Waals surface area contributed by atoms with Gasteiger partial charge in [0.15, 0.2) is 20.8 Å². The summed E-state index contributed by atoms with van der Waals surface area (Å²) >= 11 is 1.27. The average Bonchev–Trinajstić information content (AvgIpc) is 3.30. The molecule has 0 atom stereocenters. The van der Waals surface area contributed by atoms with E-state index in [1.54, 1.807) is 32.0 Å². The summed E-state index contributed by atoms with van der Waals surface area (Å²) in [5, 5.41) is 3.30. The lowest BCUT2D eigenvalue weighted by Crippen LogP contribution is -2.29. The highest BCUT2D eigenvalue weighted by atomic mass is 32.2. The minimum atomic E-state index is -3.27. The first-order valence-electron chi connectivity index (χ1n) is 10.4. The van der Waals surface area contributed by atoms with Crippen molar-refractivity contribution in [1.82, 2.24) is 4.98 Å². The molecular weight excluding hydrogens is 420 g/mol. The number of hydrogen-bond donors (Lipinski definition) is 1. The predicted octanol–water partition coefficient (Wildman–Crippen LogP) is 4.12. The Kier molecular flexibility index (Phi) is 5.57. The topological polar surface area (TPSA) is 93.2 Å². The monoisotopic (exact) mass is 446 g/mol. The number of sulfone groups is 1. The van der Waals surface area contributed by atoms with Crippen molar-refractivity contribution in [3.8, 4) is 0 Å².